The molecule has 3 rings (SSSR count). The Hall–Kier alpha value is -2.04. The Morgan fingerprint density at radius 2 is 1.80 bits per heavy atom. The normalized spacial score (nSPS) is 13.0. The molecule has 1 N–H and O–H groups in total. The molecule has 0 saturated carbocycles. The molecule has 1 heterocycles. The summed E-state index contributed by atoms with van der Waals surface area (Å²) in [4.78, 5) is 0. The predicted octanol–water partition coefficient (Wildman–Crippen LogP) is 5.55. The second-order valence-electron chi connectivity index (χ2n) is 8.64. The van der Waals surface area contributed by atoms with Gasteiger partial charge in [-0.25, -0.2) is 0 Å². The van der Waals surface area contributed by atoms with Gasteiger partial charge in [-0.1, -0.05) is 11.6 Å². The van der Waals surface area contributed by atoms with E-state index in [2.05, 4.69) is 62.9 Å². The molecule has 1 aromatic heterocycles. The van der Waals surface area contributed by atoms with Gasteiger partial charge in [0.05, 0.1) is 50.3 Å². The van der Waals surface area contributed by atoms with Gasteiger partial charge in [-0.2, -0.15) is 4.57 Å². The van der Waals surface area contributed by atoms with Crippen molar-refractivity contribution in [2.45, 2.75) is 39.7 Å². The third kappa shape index (κ3) is 4.65. The van der Waals surface area contributed by atoms with E-state index in [0.717, 1.165) is 38.4 Å². The Bertz CT molecular complexity index is 1030. The minimum Gasteiger partial charge on any atom is -0.497 e. The van der Waals surface area contributed by atoms with E-state index in [4.69, 9.17) is 16.3 Å². The summed E-state index contributed by atoms with van der Waals surface area (Å²) in [7, 11) is 6.16. The largest absolute Gasteiger partial charge is 0.497 e. The Morgan fingerprint density at radius 1 is 1.07 bits per heavy atom. The Balaban J connectivity index is 1.97. The van der Waals surface area contributed by atoms with Crippen LogP contribution < -0.4 is 14.6 Å². The molecule has 5 heteroatoms. The predicted molar refractivity (Wildman–Crippen MR) is 129 cm³/mol. The van der Waals surface area contributed by atoms with Crippen molar-refractivity contribution < 1.29 is 13.8 Å². The van der Waals surface area contributed by atoms with Crippen LogP contribution in [0.15, 0.2) is 36.4 Å². The summed E-state index contributed by atoms with van der Waals surface area (Å²) in [5.74, 6) is 0.866. The highest BCUT2D eigenvalue weighted by molar-refractivity contribution is 6.31. The van der Waals surface area contributed by atoms with Gasteiger partial charge in [0.25, 0.3) is 0 Å². The summed E-state index contributed by atoms with van der Waals surface area (Å²) in [5, 5.41) is 6.93. The molecule has 2 aromatic carbocycles. The topological polar surface area (TPSA) is 25.1 Å². The molecule has 0 spiro atoms. The lowest BCUT2D eigenvalue weighted by Crippen LogP contribution is -2.44. The van der Waals surface area contributed by atoms with Gasteiger partial charge in [0, 0.05) is 23.2 Å². The maximum absolute atomic E-state index is 6.33. The van der Waals surface area contributed by atoms with E-state index in [9.17, 15) is 0 Å². The molecule has 0 radical (unpaired) electrons. The van der Waals surface area contributed by atoms with E-state index in [1.807, 2.05) is 18.2 Å². The smallest absolute Gasteiger partial charge is 0.216 e. The number of ether oxygens (including phenoxy) is 1. The Labute approximate surface area is 186 Å². The molecule has 0 aliphatic heterocycles. The van der Waals surface area contributed by atoms with Gasteiger partial charge in [-0.3, -0.25) is 0 Å². The average Bonchev–Trinajstić information content (AvgIpc) is 2.76. The van der Waals surface area contributed by atoms with Crippen molar-refractivity contribution in [1.29, 1.82) is 0 Å². The molecule has 162 valence electrons. The third-order valence-electron chi connectivity index (χ3n) is 6.68. The van der Waals surface area contributed by atoms with Crippen molar-refractivity contribution in [2.24, 2.45) is 7.05 Å². The number of hydrogen-bond acceptors (Lipinski definition) is 2. The number of anilines is 1. The van der Waals surface area contributed by atoms with Crippen LogP contribution in [0.5, 0.6) is 5.75 Å². The summed E-state index contributed by atoms with van der Waals surface area (Å²) in [6, 6.07) is 12.8. The number of halogens is 1. The molecule has 0 saturated heterocycles. The molecule has 0 fully saturated rings. The van der Waals surface area contributed by atoms with Gasteiger partial charge >= 0.3 is 0 Å². The fourth-order valence-electron chi connectivity index (χ4n) is 4.20. The van der Waals surface area contributed by atoms with Gasteiger partial charge in [0.1, 0.15) is 12.8 Å². The summed E-state index contributed by atoms with van der Waals surface area (Å²) in [6.07, 6.45) is 2.34. The molecule has 0 aliphatic carbocycles. The molecule has 0 bridgehead atoms. The quantitative estimate of drug-likeness (QED) is 0.274. The van der Waals surface area contributed by atoms with Crippen LogP contribution in [0.2, 0.25) is 5.02 Å². The lowest BCUT2D eigenvalue weighted by Gasteiger charge is -2.32. The zero-order valence-corrected chi connectivity index (χ0v) is 20.0. The maximum atomic E-state index is 6.33. The fourth-order valence-corrected chi connectivity index (χ4v) is 4.36. The zero-order chi connectivity index (χ0) is 21.9. The van der Waals surface area contributed by atoms with Crippen molar-refractivity contribution in [1.82, 2.24) is 0 Å². The first kappa shape index (κ1) is 22.6. The number of methoxy groups -OCH3 is 1. The highest BCUT2D eigenvalue weighted by atomic mass is 35.5. The van der Waals surface area contributed by atoms with Crippen molar-refractivity contribution in [3.05, 3.63) is 41.4 Å². The number of nitrogens with zero attached hydrogens (tertiary/aromatic N) is 2. The number of quaternary nitrogens is 1. The number of pyridine rings is 1. The first-order valence-corrected chi connectivity index (χ1v) is 11.4. The number of fused-ring (bicyclic) bond motifs is 2. The Kier molecular flexibility index (Phi) is 7.10. The van der Waals surface area contributed by atoms with E-state index < -0.39 is 0 Å². The van der Waals surface area contributed by atoms with Crippen LogP contribution in [0.1, 0.15) is 33.6 Å². The first-order chi connectivity index (χ1) is 14.3. The van der Waals surface area contributed by atoms with Crippen molar-refractivity contribution >= 4 is 39.1 Å². The number of aromatic nitrogens is 1. The molecule has 3 aromatic rings. The monoisotopic (exact) mass is 429 g/mol. The van der Waals surface area contributed by atoms with Gasteiger partial charge in [0.2, 0.25) is 11.0 Å². The lowest BCUT2D eigenvalue weighted by atomic mass is 10.0. The SMILES string of the molecule is CC[N+](C)(CC)CCCC(C)Nc1c2cc(OC)ccc2[n+](C)c2cc(Cl)ccc12. The standard InChI is InChI=1S/C25H35ClN3O/c1-7-29(5,8-2)15-9-10-18(3)27-25-21-13-11-19(26)16-24(21)28(4)23-14-12-20(30-6)17-22(23)25/h11-14,16-18H,7-10,15H2,1-6H3/q+1/p+1. The fraction of sp³-hybridized carbons (Fsp3) is 0.480. The molecule has 30 heavy (non-hydrogen) atoms. The number of hydrogen-bond donors (Lipinski definition) is 1. The van der Waals surface area contributed by atoms with Gasteiger partial charge in [-0.15, -0.1) is 0 Å². The summed E-state index contributed by atoms with van der Waals surface area (Å²) >= 11 is 6.33. The van der Waals surface area contributed by atoms with Gasteiger partial charge in [0.15, 0.2) is 0 Å². The summed E-state index contributed by atoms with van der Waals surface area (Å²) < 4.78 is 8.86. The van der Waals surface area contributed by atoms with Crippen LogP contribution in [0, 0.1) is 0 Å². The summed E-state index contributed by atoms with van der Waals surface area (Å²) in [5.41, 5.74) is 3.43. The van der Waals surface area contributed by atoms with Crippen LogP contribution in [-0.2, 0) is 7.05 Å². The molecular weight excluding hydrogens is 394 g/mol. The second-order valence-corrected chi connectivity index (χ2v) is 9.08. The highest BCUT2D eigenvalue weighted by Crippen LogP contribution is 2.33. The number of benzene rings is 2. The zero-order valence-electron chi connectivity index (χ0n) is 19.3. The van der Waals surface area contributed by atoms with Crippen LogP contribution in [0.4, 0.5) is 5.69 Å². The molecule has 0 aliphatic rings. The number of nitrogens with one attached hydrogen (secondary N) is 1. The first-order valence-electron chi connectivity index (χ1n) is 11.0. The lowest BCUT2D eigenvalue weighted by molar-refractivity contribution is -0.906. The minimum absolute atomic E-state index is 0.369. The molecule has 1 unspecified atom stereocenters. The van der Waals surface area contributed by atoms with E-state index in [1.165, 1.54) is 36.8 Å². The Morgan fingerprint density at radius 3 is 2.47 bits per heavy atom. The van der Waals surface area contributed by atoms with Gasteiger partial charge < -0.3 is 14.5 Å². The van der Waals surface area contributed by atoms with Crippen molar-refractivity contribution in [2.75, 3.05) is 39.1 Å². The van der Waals surface area contributed by atoms with Crippen LogP contribution in [0.25, 0.3) is 21.8 Å². The van der Waals surface area contributed by atoms with Gasteiger partial charge in [-0.05, 0) is 57.9 Å². The van der Waals surface area contributed by atoms with Crippen LogP contribution in [0.3, 0.4) is 0 Å². The number of rotatable bonds is 9. The molecule has 0 amide bonds. The second kappa shape index (κ2) is 9.40. The van der Waals surface area contributed by atoms with E-state index >= 15 is 0 Å². The maximum Gasteiger partial charge on any atom is 0.216 e. The molecule has 4 nitrogen and oxygen atoms in total. The van der Waals surface area contributed by atoms with Crippen LogP contribution in [-0.4, -0.2) is 44.3 Å². The van der Waals surface area contributed by atoms with Crippen LogP contribution >= 0.6 is 11.6 Å². The molecular formula is C25H36ClN3O+2. The van der Waals surface area contributed by atoms with E-state index in [-0.39, 0.29) is 0 Å². The molecule has 1 atom stereocenters. The van der Waals surface area contributed by atoms with Crippen molar-refractivity contribution in [3.63, 3.8) is 0 Å². The third-order valence-corrected chi connectivity index (χ3v) is 6.91. The van der Waals surface area contributed by atoms with E-state index in [1.54, 1.807) is 7.11 Å². The van der Waals surface area contributed by atoms with Crippen molar-refractivity contribution in [3.8, 4) is 5.75 Å². The van der Waals surface area contributed by atoms with E-state index in [0.29, 0.717) is 6.04 Å². The summed E-state index contributed by atoms with van der Waals surface area (Å²) in [6.45, 7) is 10.4. The number of aryl methyl sites for hydroxylation is 1. The minimum atomic E-state index is 0.369. The average molecular weight is 430 g/mol. The highest BCUT2D eigenvalue weighted by Gasteiger charge is 2.21.